The van der Waals surface area contributed by atoms with Gasteiger partial charge in [-0.2, -0.15) is 13.2 Å². The zero-order valence-electron chi connectivity index (χ0n) is 15.4. The zero-order chi connectivity index (χ0) is 21.3. The van der Waals surface area contributed by atoms with Crippen LogP contribution in [0, 0.1) is 5.82 Å². The highest BCUT2D eigenvalue weighted by molar-refractivity contribution is 5.95. The Balaban J connectivity index is 1.55. The number of aromatic nitrogens is 2. The first kappa shape index (κ1) is 19.6. The van der Waals surface area contributed by atoms with Gasteiger partial charge in [0.2, 0.25) is 0 Å². The highest BCUT2D eigenvalue weighted by atomic mass is 19.4. The normalized spacial score (nSPS) is 11.6. The van der Waals surface area contributed by atoms with Gasteiger partial charge in [0.1, 0.15) is 18.0 Å². The van der Waals surface area contributed by atoms with Crippen molar-refractivity contribution in [2.24, 2.45) is 0 Å². The van der Waals surface area contributed by atoms with Gasteiger partial charge >= 0.3 is 6.18 Å². The lowest BCUT2D eigenvalue weighted by molar-refractivity contribution is -0.123. The van der Waals surface area contributed by atoms with Crippen molar-refractivity contribution in [1.29, 1.82) is 0 Å². The molecule has 0 radical (unpaired) electrons. The third-order valence-electron chi connectivity index (χ3n) is 4.56. The number of hydrogen-bond acceptors (Lipinski definition) is 2. The Kier molecular flexibility index (Phi) is 4.99. The van der Waals surface area contributed by atoms with Crippen LogP contribution in [-0.2, 0) is 0 Å². The molecule has 30 heavy (non-hydrogen) atoms. The van der Waals surface area contributed by atoms with Gasteiger partial charge in [-0.1, -0.05) is 12.1 Å². The Morgan fingerprint density at radius 1 is 0.933 bits per heavy atom. The molecule has 2 heterocycles. The summed E-state index contributed by atoms with van der Waals surface area (Å²) in [6.07, 6.45) is -2.80. The van der Waals surface area contributed by atoms with Crippen LogP contribution < -0.4 is 5.32 Å². The van der Waals surface area contributed by atoms with Crippen molar-refractivity contribution in [3.8, 4) is 22.4 Å². The average Bonchev–Trinajstić information content (AvgIpc) is 3.15. The van der Waals surface area contributed by atoms with Crippen LogP contribution in [0.3, 0.4) is 0 Å². The lowest BCUT2D eigenvalue weighted by Gasteiger charge is -2.09. The number of pyridine rings is 1. The number of benzene rings is 2. The second-order valence-corrected chi connectivity index (χ2v) is 6.73. The summed E-state index contributed by atoms with van der Waals surface area (Å²) in [7, 11) is 0. The van der Waals surface area contributed by atoms with E-state index in [1.54, 1.807) is 30.5 Å². The molecule has 0 aliphatic heterocycles. The fourth-order valence-corrected chi connectivity index (χ4v) is 3.05. The number of H-pyrrole nitrogens is 1. The summed E-state index contributed by atoms with van der Waals surface area (Å²) < 4.78 is 49.8. The smallest absolute Gasteiger partial charge is 0.343 e. The molecule has 2 aromatic carbocycles. The number of rotatable bonds is 4. The van der Waals surface area contributed by atoms with Gasteiger partial charge in [0.05, 0.1) is 0 Å². The standard InChI is InChI=1S/C22H15F4N3O/c23-18-7-5-14(6-8-18)19-10-16-9-17(11-27-20(16)29-19)13-1-3-15(4-2-13)21(30)28-12-22(24,25)26/h1-11H,12H2,(H,27,29)(H,28,30). The molecule has 0 aliphatic carbocycles. The van der Waals surface area contributed by atoms with Crippen LogP contribution >= 0.6 is 0 Å². The molecule has 0 atom stereocenters. The van der Waals surface area contributed by atoms with Gasteiger partial charge in [-0.3, -0.25) is 4.79 Å². The quantitative estimate of drug-likeness (QED) is 0.445. The molecule has 2 aromatic heterocycles. The van der Waals surface area contributed by atoms with Crippen LogP contribution in [-0.4, -0.2) is 28.6 Å². The van der Waals surface area contributed by atoms with Crippen molar-refractivity contribution in [2.75, 3.05) is 6.54 Å². The monoisotopic (exact) mass is 413 g/mol. The van der Waals surface area contributed by atoms with E-state index in [-0.39, 0.29) is 11.4 Å². The van der Waals surface area contributed by atoms with E-state index in [0.29, 0.717) is 5.65 Å². The van der Waals surface area contributed by atoms with Crippen molar-refractivity contribution < 1.29 is 22.4 Å². The maximum atomic E-state index is 13.1. The first-order chi connectivity index (χ1) is 14.3. The first-order valence-corrected chi connectivity index (χ1v) is 8.99. The predicted molar refractivity (Wildman–Crippen MR) is 105 cm³/mol. The first-order valence-electron chi connectivity index (χ1n) is 8.99. The molecule has 0 unspecified atom stereocenters. The highest BCUT2D eigenvalue weighted by Gasteiger charge is 2.27. The minimum atomic E-state index is -4.46. The van der Waals surface area contributed by atoms with Gasteiger partial charge in [0.15, 0.2) is 0 Å². The predicted octanol–water partition coefficient (Wildman–Crippen LogP) is 5.33. The van der Waals surface area contributed by atoms with Crippen molar-refractivity contribution in [1.82, 2.24) is 15.3 Å². The minimum absolute atomic E-state index is 0.136. The molecule has 4 nitrogen and oxygen atoms in total. The van der Waals surface area contributed by atoms with Crippen molar-refractivity contribution >= 4 is 16.9 Å². The van der Waals surface area contributed by atoms with Crippen molar-refractivity contribution in [3.63, 3.8) is 0 Å². The molecule has 4 rings (SSSR count). The summed E-state index contributed by atoms with van der Waals surface area (Å²) in [4.78, 5) is 19.4. The van der Waals surface area contributed by atoms with Crippen molar-refractivity contribution in [3.05, 3.63) is 78.2 Å². The van der Waals surface area contributed by atoms with Gasteiger partial charge in [-0.15, -0.1) is 0 Å². The van der Waals surface area contributed by atoms with E-state index in [4.69, 9.17) is 0 Å². The molecule has 0 saturated carbocycles. The van der Waals surface area contributed by atoms with Crippen LogP contribution in [0.2, 0.25) is 0 Å². The van der Waals surface area contributed by atoms with Gasteiger partial charge in [0.25, 0.3) is 5.91 Å². The molecule has 1 amide bonds. The number of hydrogen-bond donors (Lipinski definition) is 2. The lowest BCUT2D eigenvalue weighted by atomic mass is 10.0. The molecule has 0 aliphatic rings. The van der Waals surface area contributed by atoms with Crippen LogP contribution in [0.4, 0.5) is 17.6 Å². The highest BCUT2D eigenvalue weighted by Crippen LogP contribution is 2.27. The van der Waals surface area contributed by atoms with E-state index in [0.717, 1.165) is 27.8 Å². The maximum Gasteiger partial charge on any atom is 0.405 e. The van der Waals surface area contributed by atoms with Gasteiger partial charge in [0, 0.05) is 28.4 Å². The number of nitrogens with one attached hydrogen (secondary N) is 2. The Morgan fingerprint density at radius 3 is 2.27 bits per heavy atom. The third kappa shape index (κ3) is 4.32. The molecular weight excluding hydrogens is 398 g/mol. The van der Waals surface area contributed by atoms with Crippen LogP contribution in [0.5, 0.6) is 0 Å². The van der Waals surface area contributed by atoms with Crippen LogP contribution in [0.15, 0.2) is 66.9 Å². The molecule has 2 N–H and O–H groups in total. The number of fused-ring (bicyclic) bond motifs is 1. The molecule has 4 aromatic rings. The Labute approximate surface area is 168 Å². The van der Waals surface area contributed by atoms with E-state index >= 15 is 0 Å². The Hall–Kier alpha value is -3.68. The Morgan fingerprint density at radius 2 is 1.60 bits per heavy atom. The fourth-order valence-electron chi connectivity index (χ4n) is 3.05. The second kappa shape index (κ2) is 7.62. The Bertz CT molecular complexity index is 1200. The summed E-state index contributed by atoms with van der Waals surface area (Å²) in [6.45, 7) is -1.38. The minimum Gasteiger partial charge on any atom is -0.343 e. The molecule has 0 saturated heterocycles. The molecule has 0 fully saturated rings. The molecule has 0 bridgehead atoms. The number of aromatic amines is 1. The number of halogens is 4. The fraction of sp³-hybridized carbons (Fsp3) is 0.0909. The summed E-state index contributed by atoms with van der Waals surface area (Å²) in [5, 5.41) is 2.69. The number of carbonyl (C=O) groups is 1. The second-order valence-electron chi connectivity index (χ2n) is 6.73. The number of carbonyl (C=O) groups excluding carboxylic acids is 1. The molecule has 0 spiro atoms. The van der Waals surface area contributed by atoms with E-state index in [1.165, 1.54) is 24.3 Å². The van der Waals surface area contributed by atoms with E-state index < -0.39 is 18.6 Å². The number of amides is 1. The van der Waals surface area contributed by atoms with E-state index in [1.807, 2.05) is 17.4 Å². The molecule has 152 valence electrons. The number of alkyl halides is 3. The molecule has 8 heteroatoms. The summed E-state index contributed by atoms with van der Waals surface area (Å²) in [6, 6.07) is 16.1. The zero-order valence-corrected chi connectivity index (χ0v) is 15.4. The topological polar surface area (TPSA) is 57.8 Å². The molecular formula is C22H15F4N3O. The van der Waals surface area contributed by atoms with Gasteiger partial charge in [-0.05, 0) is 59.7 Å². The summed E-state index contributed by atoms with van der Waals surface area (Å²) in [5.74, 6) is -1.10. The third-order valence-corrected chi connectivity index (χ3v) is 4.56. The van der Waals surface area contributed by atoms with Crippen molar-refractivity contribution in [2.45, 2.75) is 6.18 Å². The van der Waals surface area contributed by atoms with E-state index in [9.17, 15) is 22.4 Å². The van der Waals surface area contributed by atoms with Crippen LogP contribution in [0.1, 0.15) is 10.4 Å². The van der Waals surface area contributed by atoms with Crippen LogP contribution in [0.25, 0.3) is 33.4 Å². The summed E-state index contributed by atoms with van der Waals surface area (Å²) in [5.41, 5.74) is 3.98. The lowest BCUT2D eigenvalue weighted by Crippen LogP contribution is -2.33. The van der Waals surface area contributed by atoms with Gasteiger partial charge in [-0.25, -0.2) is 9.37 Å². The average molecular weight is 413 g/mol. The van der Waals surface area contributed by atoms with Gasteiger partial charge < -0.3 is 10.3 Å². The largest absolute Gasteiger partial charge is 0.405 e. The maximum absolute atomic E-state index is 13.1. The number of nitrogens with zero attached hydrogens (tertiary/aromatic N) is 1. The van der Waals surface area contributed by atoms with E-state index in [2.05, 4.69) is 9.97 Å². The summed E-state index contributed by atoms with van der Waals surface area (Å²) >= 11 is 0. The SMILES string of the molecule is O=C(NCC(F)(F)F)c1ccc(-c2cnc3[nH]c(-c4ccc(F)cc4)cc3c2)cc1.